The summed E-state index contributed by atoms with van der Waals surface area (Å²) in [7, 11) is -2.14. The highest BCUT2D eigenvalue weighted by molar-refractivity contribution is 7.89. The van der Waals surface area contributed by atoms with Crippen LogP contribution in [0.2, 0.25) is 0 Å². The SMILES string of the molecule is Cn1cc(Oc2cccc(S(N)(=O)=O)c2N)cn1. The molecule has 0 saturated heterocycles. The number of aryl methyl sites for hydroxylation is 1. The van der Waals surface area contributed by atoms with Gasteiger partial charge in [-0.15, -0.1) is 0 Å². The molecule has 8 heteroatoms. The van der Waals surface area contributed by atoms with Crippen molar-refractivity contribution in [1.82, 2.24) is 9.78 Å². The van der Waals surface area contributed by atoms with Crippen molar-refractivity contribution in [2.45, 2.75) is 4.90 Å². The number of sulfonamides is 1. The summed E-state index contributed by atoms with van der Waals surface area (Å²) in [6.45, 7) is 0. The Balaban J connectivity index is 2.41. The number of hydrogen-bond acceptors (Lipinski definition) is 5. The van der Waals surface area contributed by atoms with Crippen LogP contribution in [0.5, 0.6) is 11.5 Å². The van der Waals surface area contributed by atoms with Crippen LogP contribution in [-0.4, -0.2) is 18.2 Å². The van der Waals surface area contributed by atoms with Gasteiger partial charge in [-0.2, -0.15) is 5.10 Å². The molecule has 0 aliphatic carbocycles. The van der Waals surface area contributed by atoms with Crippen molar-refractivity contribution in [2.24, 2.45) is 12.2 Å². The van der Waals surface area contributed by atoms with E-state index < -0.39 is 10.0 Å². The molecule has 1 aromatic carbocycles. The molecule has 7 nitrogen and oxygen atoms in total. The molecule has 2 rings (SSSR count). The van der Waals surface area contributed by atoms with Gasteiger partial charge in [0.2, 0.25) is 10.0 Å². The van der Waals surface area contributed by atoms with Gasteiger partial charge in [0.15, 0.2) is 11.5 Å². The molecule has 96 valence electrons. The third-order valence-electron chi connectivity index (χ3n) is 2.24. The van der Waals surface area contributed by atoms with Gasteiger partial charge in [0, 0.05) is 7.05 Å². The van der Waals surface area contributed by atoms with Gasteiger partial charge in [-0.1, -0.05) is 6.07 Å². The zero-order valence-corrected chi connectivity index (χ0v) is 10.4. The number of para-hydroxylation sites is 1. The Morgan fingerprint density at radius 1 is 1.39 bits per heavy atom. The van der Waals surface area contributed by atoms with Gasteiger partial charge in [-0.3, -0.25) is 4.68 Å². The minimum Gasteiger partial charge on any atom is -0.452 e. The second-order valence-electron chi connectivity index (χ2n) is 3.66. The van der Waals surface area contributed by atoms with Gasteiger partial charge >= 0.3 is 0 Å². The van der Waals surface area contributed by atoms with Crippen LogP contribution in [0.3, 0.4) is 0 Å². The predicted octanol–water partition coefficient (Wildman–Crippen LogP) is 0.442. The largest absolute Gasteiger partial charge is 0.452 e. The molecular weight excluding hydrogens is 256 g/mol. The fourth-order valence-electron chi connectivity index (χ4n) is 1.44. The van der Waals surface area contributed by atoms with Crippen LogP contribution in [0.25, 0.3) is 0 Å². The minimum atomic E-state index is -3.87. The summed E-state index contributed by atoms with van der Waals surface area (Å²) in [5, 5.41) is 8.97. The zero-order valence-electron chi connectivity index (χ0n) is 9.57. The number of nitrogen functional groups attached to an aromatic ring is 1. The number of hydrogen-bond donors (Lipinski definition) is 2. The number of nitrogens with two attached hydrogens (primary N) is 2. The highest BCUT2D eigenvalue weighted by atomic mass is 32.2. The molecule has 0 amide bonds. The van der Waals surface area contributed by atoms with Crippen molar-refractivity contribution in [2.75, 3.05) is 5.73 Å². The Morgan fingerprint density at radius 2 is 2.11 bits per heavy atom. The Labute approximate surface area is 104 Å². The number of aromatic nitrogens is 2. The molecule has 0 saturated carbocycles. The average Bonchev–Trinajstić information content (AvgIpc) is 2.65. The van der Waals surface area contributed by atoms with Crippen molar-refractivity contribution in [3.63, 3.8) is 0 Å². The van der Waals surface area contributed by atoms with E-state index in [1.165, 1.54) is 18.3 Å². The lowest BCUT2D eigenvalue weighted by molar-refractivity contribution is 0.483. The van der Waals surface area contributed by atoms with E-state index in [4.69, 9.17) is 15.6 Å². The second-order valence-corrected chi connectivity index (χ2v) is 5.19. The normalized spacial score (nSPS) is 11.4. The molecule has 4 N–H and O–H groups in total. The quantitative estimate of drug-likeness (QED) is 0.784. The molecule has 0 aliphatic heterocycles. The molecule has 0 aliphatic rings. The van der Waals surface area contributed by atoms with Crippen LogP contribution in [0.4, 0.5) is 5.69 Å². The molecule has 1 aromatic heterocycles. The Bertz CT molecular complexity index is 678. The van der Waals surface area contributed by atoms with E-state index in [1.807, 2.05) is 0 Å². The highest BCUT2D eigenvalue weighted by Crippen LogP contribution is 2.31. The van der Waals surface area contributed by atoms with Crippen LogP contribution in [0, 0.1) is 0 Å². The van der Waals surface area contributed by atoms with Crippen molar-refractivity contribution >= 4 is 15.7 Å². The molecule has 0 fully saturated rings. The van der Waals surface area contributed by atoms with E-state index in [9.17, 15) is 8.42 Å². The molecule has 0 bridgehead atoms. The third-order valence-corrected chi connectivity index (χ3v) is 3.21. The second kappa shape index (κ2) is 4.31. The maximum atomic E-state index is 11.3. The van der Waals surface area contributed by atoms with E-state index in [2.05, 4.69) is 5.10 Å². The van der Waals surface area contributed by atoms with Gasteiger partial charge in [0.25, 0.3) is 0 Å². The van der Waals surface area contributed by atoms with Crippen LogP contribution < -0.4 is 15.6 Å². The summed E-state index contributed by atoms with van der Waals surface area (Å²) in [4.78, 5) is -0.163. The van der Waals surface area contributed by atoms with Gasteiger partial charge in [-0.25, -0.2) is 13.6 Å². The van der Waals surface area contributed by atoms with E-state index in [0.717, 1.165) is 0 Å². The highest BCUT2D eigenvalue weighted by Gasteiger charge is 2.16. The first-order chi connectivity index (χ1) is 8.38. The number of anilines is 1. The predicted molar refractivity (Wildman–Crippen MR) is 65.5 cm³/mol. The van der Waals surface area contributed by atoms with Gasteiger partial charge in [0.1, 0.15) is 4.90 Å². The summed E-state index contributed by atoms with van der Waals surface area (Å²) in [6.07, 6.45) is 3.12. The van der Waals surface area contributed by atoms with E-state index in [1.54, 1.807) is 24.0 Å². The van der Waals surface area contributed by atoms with Crippen molar-refractivity contribution < 1.29 is 13.2 Å². The molecule has 0 atom stereocenters. The molecule has 2 aromatic rings. The summed E-state index contributed by atoms with van der Waals surface area (Å²) < 4.78 is 29.6. The lowest BCUT2D eigenvalue weighted by Gasteiger charge is -2.09. The Kier molecular flexibility index (Phi) is 2.97. The standard InChI is InChI=1S/C10H12N4O3S/c1-14-6-7(5-13-14)17-8-3-2-4-9(10(8)11)18(12,15)16/h2-6H,11H2,1H3,(H2,12,15,16). The minimum absolute atomic E-state index is 0.0242. The molecule has 18 heavy (non-hydrogen) atoms. The maximum Gasteiger partial charge on any atom is 0.240 e. The van der Waals surface area contributed by atoms with Gasteiger partial charge in [0.05, 0.1) is 18.1 Å². The third kappa shape index (κ3) is 2.44. The Hall–Kier alpha value is -2.06. The fraction of sp³-hybridized carbons (Fsp3) is 0.100. The van der Waals surface area contributed by atoms with E-state index in [0.29, 0.717) is 5.75 Å². The van der Waals surface area contributed by atoms with Crippen LogP contribution in [0.1, 0.15) is 0 Å². The lowest BCUT2D eigenvalue weighted by atomic mass is 10.3. The number of benzene rings is 1. The molecule has 1 heterocycles. The Morgan fingerprint density at radius 3 is 2.67 bits per heavy atom. The molecule has 0 unspecified atom stereocenters. The first-order valence-corrected chi connectivity index (χ1v) is 6.50. The monoisotopic (exact) mass is 268 g/mol. The summed E-state index contributed by atoms with van der Waals surface area (Å²) in [6, 6.07) is 4.37. The van der Waals surface area contributed by atoms with Crippen molar-refractivity contribution in [3.05, 3.63) is 30.6 Å². The lowest BCUT2D eigenvalue weighted by Crippen LogP contribution is -2.14. The van der Waals surface area contributed by atoms with E-state index in [-0.39, 0.29) is 16.3 Å². The summed E-state index contributed by atoms with van der Waals surface area (Å²) in [5.41, 5.74) is 5.69. The summed E-state index contributed by atoms with van der Waals surface area (Å²) in [5.74, 6) is 0.672. The smallest absolute Gasteiger partial charge is 0.240 e. The maximum absolute atomic E-state index is 11.3. The van der Waals surface area contributed by atoms with Crippen LogP contribution in [-0.2, 0) is 17.1 Å². The zero-order chi connectivity index (χ0) is 13.3. The topological polar surface area (TPSA) is 113 Å². The first kappa shape index (κ1) is 12.4. The number of nitrogens with zero attached hydrogens (tertiary/aromatic N) is 2. The number of primary sulfonamides is 1. The van der Waals surface area contributed by atoms with Crippen LogP contribution >= 0.6 is 0 Å². The van der Waals surface area contributed by atoms with Crippen molar-refractivity contribution in [1.29, 1.82) is 0 Å². The average molecular weight is 268 g/mol. The number of rotatable bonds is 3. The molecule has 0 spiro atoms. The van der Waals surface area contributed by atoms with Gasteiger partial charge in [-0.05, 0) is 12.1 Å². The molecular formula is C10H12N4O3S. The van der Waals surface area contributed by atoms with E-state index >= 15 is 0 Å². The fourth-order valence-corrected chi connectivity index (χ4v) is 2.11. The first-order valence-electron chi connectivity index (χ1n) is 4.96. The molecule has 0 radical (unpaired) electrons. The summed E-state index contributed by atoms with van der Waals surface area (Å²) >= 11 is 0. The number of ether oxygens (including phenoxy) is 1. The van der Waals surface area contributed by atoms with Crippen LogP contribution in [0.15, 0.2) is 35.5 Å². The van der Waals surface area contributed by atoms with Gasteiger partial charge < -0.3 is 10.5 Å². The van der Waals surface area contributed by atoms with Crippen molar-refractivity contribution in [3.8, 4) is 11.5 Å².